The Balaban J connectivity index is 1.84. The van der Waals surface area contributed by atoms with E-state index in [9.17, 15) is 0 Å². The van der Waals surface area contributed by atoms with Crippen LogP contribution in [0.15, 0.2) is 54.9 Å². The second-order valence-electron chi connectivity index (χ2n) is 5.03. The molecule has 0 fully saturated rings. The van der Waals surface area contributed by atoms with Crippen molar-refractivity contribution in [3.05, 3.63) is 66.0 Å². The molecule has 0 radical (unpaired) electrons. The quantitative estimate of drug-likeness (QED) is 0.797. The minimum Gasteiger partial charge on any atom is -0.378 e. The Kier molecular flexibility index (Phi) is 3.64. The predicted octanol–water partition coefficient (Wildman–Crippen LogP) is 3.14. The van der Waals surface area contributed by atoms with E-state index in [4.69, 9.17) is 0 Å². The van der Waals surface area contributed by atoms with E-state index >= 15 is 0 Å². The summed E-state index contributed by atoms with van der Waals surface area (Å²) in [5, 5.41) is 14.8. The molecule has 1 aromatic heterocycles. The highest BCUT2D eigenvalue weighted by molar-refractivity contribution is 5.52. The molecular weight excluding hydrogens is 262 g/mol. The molecule has 0 aliphatic heterocycles. The molecule has 0 bridgehead atoms. The van der Waals surface area contributed by atoms with Gasteiger partial charge in [-0.2, -0.15) is 0 Å². The molecular formula is C16H17N5. The number of nitrogens with one attached hydrogen (secondary N) is 1. The SMILES string of the molecule is Cc1ccccc1NC(C)c1cccc(-n2cnnn2)c1. The lowest BCUT2D eigenvalue weighted by Gasteiger charge is -2.18. The van der Waals surface area contributed by atoms with Crippen molar-refractivity contribution in [3.8, 4) is 5.69 Å². The van der Waals surface area contributed by atoms with Crippen LogP contribution in [0.2, 0.25) is 0 Å². The Morgan fingerprint density at radius 2 is 1.95 bits per heavy atom. The summed E-state index contributed by atoms with van der Waals surface area (Å²) in [7, 11) is 0. The van der Waals surface area contributed by atoms with Gasteiger partial charge in [0.05, 0.1) is 5.69 Å². The molecule has 1 atom stereocenters. The van der Waals surface area contributed by atoms with Gasteiger partial charge in [-0.1, -0.05) is 30.3 Å². The van der Waals surface area contributed by atoms with Gasteiger partial charge in [-0.25, -0.2) is 4.68 Å². The van der Waals surface area contributed by atoms with Crippen molar-refractivity contribution in [1.29, 1.82) is 0 Å². The summed E-state index contributed by atoms with van der Waals surface area (Å²) in [4.78, 5) is 0. The molecule has 1 unspecified atom stereocenters. The van der Waals surface area contributed by atoms with Crippen LogP contribution in [-0.4, -0.2) is 20.2 Å². The molecule has 1 heterocycles. The topological polar surface area (TPSA) is 55.6 Å². The normalized spacial score (nSPS) is 12.1. The van der Waals surface area contributed by atoms with Crippen molar-refractivity contribution in [1.82, 2.24) is 20.2 Å². The van der Waals surface area contributed by atoms with Crippen molar-refractivity contribution >= 4 is 5.69 Å². The van der Waals surface area contributed by atoms with Gasteiger partial charge < -0.3 is 5.32 Å². The van der Waals surface area contributed by atoms with Gasteiger partial charge in [-0.05, 0) is 53.6 Å². The van der Waals surface area contributed by atoms with E-state index in [-0.39, 0.29) is 6.04 Å². The smallest absolute Gasteiger partial charge is 0.143 e. The summed E-state index contributed by atoms with van der Waals surface area (Å²) >= 11 is 0. The number of aromatic nitrogens is 4. The monoisotopic (exact) mass is 279 g/mol. The molecule has 5 heteroatoms. The van der Waals surface area contributed by atoms with Crippen LogP contribution < -0.4 is 5.32 Å². The van der Waals surface area contributed by atoms with Crippen LogP contribution in [0.4, 0.5) is 5.69 Å². The van der Waals surface area contributed by atoms with E-state index in [1.54, 1.807) is 11.0 Å². The Labute approximate surface area is 123 Å². The largest absolute Gasteiger partial charge is 0.378 e. The van der Waals surface area contributed by atoms with Crippen molar-refractivity contribution in [2.75, 3.05) is 5.32 Å². The Morgan fingerprint density at radius 3 is 2.71 bits per heavy atom. The molecule has 0 aliphatic rings. The van der Waals surface area contributed by atoms with Crippen LogP contribution in [0.25, 0.3) is 5.69 Å². The average Bonchev–Trinajstić information content (AvgIpc) is 3.04. The van der Waals surface area contributed by atoms with Gasteiger partial charge in [-0.3, -0.25) is 0 Å². The fourth-order valence-corrected chi connectivity index (χ4v) is 2.27. The lowest BCUT2D eigenvalue weighted by Crippen LogP contribution is -2.08. The van der Waals surface area contributed by atoms with E-state index in [0.29, 0.717) is 0 Å². The third-order valence-corrected chi connectivity index (χ3v) is 3.50. The van der Waals surface area contributed by atoms with Gasteiger partial charge in [0.2, 0.25) is 0 Å². The summed E-state index contributed by atoms with van der Waals surface area (Å²) in [6, 6.07) is 16.7. The zero-order chi connectivity index (χ0) is 14.7. The third-order valence-electron chi connectivity index (χ3n) is 3.50. The molecule has 0 aliphatic carbocycles. The summed E-state index contributed by atoms with van der Waals surface area (Å²) in [5.41, 5.74) is 4.53. The van der Waals surface area contributed by atoms with Gasteiger partial charge >= 0.3 is 0 Å². The lowest BCUT2D eigenvalue weighted by atomic mass is 10.1. The zero-order valence-electron chi connectivity index (χ0n) is 12.1. The molecule has 5 nitrogen and oxygen atoms in total. The number of nitrogens with zero attached hydrogens (tertiary/aromatic N) is 4. The standard InChI is InChI=1S/C16H17N5/c1-12-6-3-4-9-16(12)18-13(2)14-7-5-8-15(10-14)21-11-17-19-20-21/h3-11,13,18H,1-2H3. The number of benzene rings is 2. The molecule has 1 N–H and O–H groups in total. The van der Waals surface area contributed by atoms with E-state index in [2.05, 4.69) is 59.0 Å². The molecule has 0 amide bonds. The highest BCUT2D eigenvalue weighted by Crippen LogP contribution is 2.23. The number of para-hydroxylation sites is 1. The highest BCUT2D eigenvalue weighted by Gasteiger charge is 2.08. The number of rotatable bonds is 4. The molecule has 0 spiro atoms. The van der Waals surface area contributed by atoms with Gasteiger partial charge in [0.1, 0.15) is 6.33 Å². The van der Waals surface area contributed by atoms with E-state index in [1.807, 2.05) is 24.3 Å². The minimum absolute atomic E-state index is 0.197. The first-order valence-electron chi connectivity index (χ1n) is 6.89. The molecule has 106 valence electrons. The Hall–Kier alpha value is -2.69. The van der Waals surface area contributed by atoms with E-state index in [0.717, 1.165) is 11.4 Å². The van der Waals surface area contributed by atoms with Crippen molar-refractivity contribution in [2.45, 2.75) is 19.9 Å². The number of hydrogen-bond donors (Lipinski definition) is 1. The first-order chi connectivity index (χ1) is 10.2. The van der Waals surface area contributed by atoms with Crippen LogP contribution >= 0.6 is 0 Å². The summed E-state index contributed by atoms with van der Waals surface area (Å²) in [5.74, 6) is 0. The highest BCUT2D eigenvalue weighted by atomic mass is 15.5. The molecule has 3 rings (SSSR count). The van der Waals surface area contributed by atoms with Crippen molar-refractivity contribution < 1.29 is 0 Å². The molecule has 3 aromatic rings. The number of tetrazole rings is 1. The number of hydrogen-bond acceptors (Lipinski definition) is 4. The molecule has 21 heavy (non-hydrogen) atoms. The third kappa shape index (κ3) is 2.91. The first kappa shape index (κ1) is 13.3. The predicted molar refractivity (Wildman–Crippen MR) is 82.4 cm³/mol. The van der Waals surface area contributed by atoms with E-state index < -0.39 is 0 Å². The fourth-order valence-electron chi connectivity index (χ4n) is 2.27. The second-order valence-corrected chi connectivity index (χ2v) is 5.03. The van der Waals surface area contributed by atoms with Gasteiger partial charge in [0, 0.05) is 11.7 Å². The minimum atomic E-state index is 0.197. The van der Waals surface area contributed by atoms with Crippen LogP contribution in [0.1, 0.15) is 24.1 Å². The van der Waals surface area contributed by atoms with Crippen LogP contribution in [0.5, 0.6) is 0 Å². The van der Waals surface area contributed by atoms with Crippen molar-refractivity contribution in [2.24, 2.45) is 0 Å². The Bertz CT molecular complexity index is 721. The fraction of sp³-hybridized carbons (Fsp3) is 0.188. The summed E-state index contributed by atoms with van der Waals surface area (Å²) in [6.07, 6.45) is 1.60. The van der Waals surface area contributed by atoms with Crippen LogP contribution in [-0.2, 0) is 0 Å². The first-order valence-corrected chi connectivity index (χ1v) is 6.89. The maximum Gasteiger partial charge on any atom is 0.143 e. The van der Waals surface area contributed by atoms with Gasteiger partial charge in [0.25, 0.3) is 0 Å². The molecule has 2 aromatic carbocycles. The number of anilines is 1. The van der Waals surface area contributed by atoms with Gasteiger partial charge in [-0.15, -0.1) is 5.10 Å². The Morgan fingerprint density at radius 1 is 1.10 bits per heavy atom. The average molecular weight is 279 g/mol. The lowest BCUT2D eigenvalue weighted by molar-refractivity contribution is 0.785. The van der Waals surface area contributed by atoms with Crippen LogP contribution in [0, 0.1) is 6.92 Å². The molecule has 0 saturated carbocycles. The number of aryl methyl sites for hydroxylation is 1. The van der Waals surface area contributed by atoms with Crippen LogP contribution in [0.3, 0.4) is 0 Å². The zero-order valence-corrected chi connectivity index (χ0v) is 12.1. The molecule has 0 saturated heterocycles. The van der Waals surface area contributed by atoms with E-state index in [1.165, 1.54) is 11.1 Å². The summed E-state index contributed by atoms with van der Waals surface area (Å²) in [6.45, 7) is 4.25. The van der Waals surface area contributed by atoms with Gasteiger partial charge in [0.15, 0.2) is 0 Å². The second kappa shape index (κ2) is 5.75. The maximum atomic E-state index is 3.92. The maximum absolute atomic E-state index is 3.92. The van der Waals surface area contributed by atoms with Crippen molar-refractivity contribution in [3.63, 3.8) is 0 Å². The summed E-state index contributed by atoms with van der Waals surface area (Å²) < 4.78 is 1.66.